The number of rotatable bonds is 10. The molecule has 0 saturated carbocycles. The fourth-order valence-electron chi connectivity index (χ4n) is 4.17. The average Bonchev–Trinajstić information content (AvgIpc) is 3.38. The van der Waals surface area contributed by atoms with Crippen molar-refractivity contribution in [2.24, 2.45) is 0 Å². The van der Waals surface area contributed by atoms with Gasteiger partial charge in [0.15, 0.2) is 5.13 Å². The summed E-state index contributed by atoms with van der Waals surface area (Å²) in [6.07, 6.45) is -0.0723. The lowest BCUT2D eigenvalue weighted by Gasteiger charge is -2.32. The Balaban J connectivity index is 1.44. The number of unbranched alkanes of at least 4 members (excludes halogenated alkanes) is 2. The quantitative estimate of drug-likeness (QED) is 0.285. The van der Waals surface area contributed by atoms with Crippen LogP contribution in [0.15, 0.2) is 41.9 Å². The van der Waals surface area contributed by atoms with Crippen molar-refractivity contribution in [1.82, 2.24) is 19.8 Å². The van der Waals surface area contributed by atoms with Crippen molar-refractivity contribution >= 4 is 22.2 Å². The lowest BCUT2D eigenvalue weighted by molar-refractivity contribution is -0.138. The third-order valence-electron chi connectivity index (χ3n) is 6.54. The molecule has 6 nitrogen and oxygen atoms in total. The van der Waals surface area contributed by atoms with Crippen LogP contribution in [0.5, 0.6) is 5.75 Å². The van der Waals surface area contributed by atoms with Crippen LogP contribution in [0.4, 0.5) is 24.0 Å². The third-order valence-corrected chi connectivity index (χ3v) is 7.46. The minimum Gasteiger partial charge on any atom is -0.493 e. The maximum absolute atomic E-state index is 13.8. The van der Waals surface area contributed by atoms with Gasteiger partial charge in [0.05, 0.1) is 23.6 Å². The lowest BCUT2D eigenvalue weighted by atomic mass is 10.1. The molecular formula is C27H34F3N5OS. The van der Waals surface area contributed by atoms with E-state index < -0.39 is 11.7 Å². The highest BCUT2D eigenvalue weighted by molar-refractivity contribution is 7.14. The normalized spacial score (nSPS) is 15.2. The van der Waals surface area contributed by atoms with E-state index >= 15 is 0 Å². The minimum absolute atomic E-state index is 0.136. The summed E-state index contributed by atoms with van der Waals surface area (Å²) in [5.41, 5.74) is 2.26. The van der Waals surface area contributed by atoms with Crippen molar-refractivity contribution < 1.29 is 17.9 Å². The molecule has 37 heavy (non-hydrogen) atoms. The second-order valence-electron chi connectivity index (χ2n) is 9.43. The molecule has 1 aromatic carbocycles. The van der Waals surface area contributed by atoms with Gasteiger partial charge in [0.1, 0.15) is 5.75 Å². The second-order valence-corrected chi connectivity index (χ2v) is 10.3. The van der Waals surface area contributed by atoms with E-state index in [-0.39, 0.29) is 12.4 Å². The lowest BCUT2D eigenvalue weighted by Crippen LogP contribution is -2.43. The van der Waals surface area contributed by atoms with E-state index in [0.717, 1.165) is 75.0 Å². The fourth-order valence-corrected chi connectivity index (χ4v) is 4.99. The van der Waals surface area contributed by atoms with Crippen molar-refractivity contribution in [3.05, 3.63) is 53.2 Å². The van der Waals surface area contributed by atoms with Gasteiger partial charge in [-0.2, -0.15) is 13.2 Å². The molecule has 0 N–H and O–H groups in total. The van der Waals surface area contributed by atoms with Gasteiger partial charge >= 0.3 is 6.18 Å². The van der Waals surface area contributed by atoms with Crippen molar-refractivity contribution in [3.63, 3.8) is 0 Å². The summed E-state index contributed by atoms with van der Waals surface area (Å²) in [6, 6.07) is 8.19. The number of thiazole rings is 1. The Labute approximate surface area is 220 Å². The number of hydrogen-bond donors (Lipinski definition) is 0. The first-order chi connectivity index (χ1) is 17.7. The molecule has 3 aromatic rings. The Morgan fingerprint density at radius 1 is 1.08 bits per heavy atom. The first-order valence-corrected chi connectivity index (χ1v) is 13.5. The summed E-state index contributed by atoms with van der Waals surface area (Å²) in [5, 5.41) is 2.50. The molecule has 1 fully saturated rings. The van der Waals surface area contributed by atoms with Crippen LogP contribution in [0.2, 0.25) is 0 Å². The van der Waals surface area contributed by atoms with Crippen molar-refractivity contribution in [3.8, 4) is 17.0 Å². The number of hydrogen-bond acceptors (Lipinski definition) is 7. The molecule has 0 amide bonds. The molecule has 0 aliphatic carbocycles. The molecule has 0 radical (unpaired) electrons. The van der Waals surface area contributed by atoms with E-state index in [1.165, 1.54) is 17.4 Å². The van der Waals surface area contributed by atoms with Gasteiger partial charge in [0.25, 0.3) is 0 Å². The Kier molecular flexibility index (Phi) is 9.04. The summed E-state index contributed by atoms with van der Waals surface area (Å²) in [5.74, 6) is -0.136. The molecule has 0 unspecified atom stereocenters. The van der Waals surface area contributed by atoms with Gasteiger partial charge < -0.3 is 14.5 Å². The van der Waals surface area contributed by atoms with Crippen LogP contribution in [0, 0.1) is 0 Å². The zero-order valence-corrected chi connectivity index (χ0v) is 22.4. The molecule has 1 saturated heterocycles. The predicted molar refractivity (Wildman–Crippen MR) is 143 cm³/mol. The zero-order valence-electron chi connectivity index (χ0n) is 21.6. The number of piperazine rings is 1. The molecular weight excluding hydrogens is 499 g/mol. The number of halogens is 3. The Hall–Kier alpha value is -2.69. The number of anilines is 2. The number of benzene rings is 1. The van der Waals surface area contributed by atoms with Gasteiger partial charge in [-0.15, -0.1) is 11.3 Å². The Bertz CT molecular complexity index is 1140. The van der Waals surface area contributed by atoms with E-state index in [2.05, 4.69) is 26.8 Å². The van der Waals surface area contributed by atoms with Crippen LogP contribution in [0.3, 0.4) is 0 Å². The van der Waals surface area contributed by atoms with E-state index in [9.17, 15) is 13.2 Å². The van der Waals surface area contributed by atoms with Crippen LogP contribution in [-0.2, 0) is 12.7 Å². The summed E-state index contributed by atoms with van der Waals surface area (Å²) in [4.78, 5) is 15.7. The molecule has 200 valence electrons. The van der Waals surface area contributed by atoms with Crippen molar-refractivity contribution in [2.75, 3.05) is 51.8 Å². The SMILES string of the molecule is CCCCCOc1ccc(N(C)c2nc(-c3ccc(CN4CCN(C)CC4)nc3)cs2)cc1C(F)(F)F. The van der Waals surface area contributed by atoms with E-state index in [4.69, 9.17) is 4.74 Å². The van der Waals surface area contributed by atoms with Crippen LogP contribution < -0.4 is 9.64 Å². The molecule has 10 heteroatoms. The maximum Gasteiger partial charge on any atom is 0.420 e. The van der Waals surface area contributed by atoms with E-state index in [1.54, 1.807) is 18.0 Å². The molecule has 1 aliphatic heterocycles. The summed E-state index contributed by atoms with van der Waals surface area (Å²) in [7, 11) is 3.86. The average molecular weight is 534 g/mol. The van der Waals surface area contributed by atoms with E-state index in [1.807, 2.05) is 30.6 Å². The number of alkyl halides is 3. The largest absolute Gasteiger partial charge is 0.493 e. The number of aromatic nitrogens is 2. The molecule has 1 aliphatic rings. The number of likely N-dealkylation sites (N-methyl/N-ethyl adjacent to an activating group) is 1. The molecule has 0 bridgehead atoms. The topological polar surface area (TPSA) is 44.7 Å². The number of ether oxygens (including phenoxy) is 1. The van der Waals surface area contributed by atoms with Crippen LogP contribution in [-0.4, -0.2) is 66.6 Å². The minimum atomic E-state index is -4.51. The third kappa shape index (κ3) is 7.21. The van der Waals surface area contributed by atoms with Gasteiger partial charge in [-0.3, -0.25) is 9.88 Å². The highest BCUT2D eigenvalue weighted by Gasteiger charge is 2.35. The van der Waals surface area contributed by atoms with Crippen LogP contribution in [0.1, 0.15) is 37.4 Å². The number of nitrogens with zero attached hydrogens (tertiary/aromatic N) is 5. The van der Waals surface area contributed by atoms with Crippen LogP contribution in [0.25, 0.3) is 11.3 Å². The Morgan fingerprint density at radius 2 is 1.86 bits per heavy atom. The molecule has 0 atom stereocenters. The molecule has 3 heterocycles. The zero-order chi connectivity index (χ0) is 26.4. The van der Waals surface area contributed by atoms with Crippen molar-refractivity contribution in [1.29, 1.82) is 0 Å². The molecule has 0 spiro atoms. The van der Waals surface area contributed by atoms with E-state index in [0.29, 0.717) is 10.8 Å². The summed E-state index contributed by atoms with van der Waals surface area (Å²) < 4.78 is 46.8. The molecule has 4 rings (SSSR count). The summed E-state index contributed by atoms with van der Waals surface area (Å²) in [6.45, 7) is 7.31. The maximum atomic E-state index is 13.8. The van der Waals surface area contributed by atoms with Gasteiger partial charge in [0, 0.05) is 62.6 Å². The van der Waals surface area contributed by atoms with Gasteiger partial charge in [-0.05, 0) is 43.8 Å². The van der Waals surface area contributed by atoms with Crippen LogP contribution >= 0.6 is 11.3 Å². The highest BCUT2D eigenvalue weighted by atomic mass is 32.1. The first-order valence-electron chi connectivity index (χ1n) is 12.6. The smallest absolute Gasteiger partial charge is 0.420 e. The fraction of sp³-hybridized carbons (Fsp3) is 0.481. The van der Waals surface area contributed by atoms with Gasteiger partial charge in [0.2, 0.25) is 0 Å². The highest BCUT2D eigenvalue weighted by Crippen LogP contribution is 2.40. The molecule has 2 aromatic heterocycles. The monoisotopic (exact) mass is 533 g/mol. The van der Waals surface area contributed by atoms with Crippen molar-refractivity contribution in [2.45, 2.75) is 38.9 Å². The van der Waals surface area contributed by atoms with Gasteiger partial charge in [-0.1, -0.05) is 19.8 Å². The van der Waals surface area contributed by atoms with Gasteiger partial charge in [-0.25, -0.2) is 4.98 Å². The standard InChI is InChI=1S/C27H34F3N5OS/c1-4-5-6-15-36-25-10-9-22(16-23(25)27(28,29)30)34(3)26-32-24(19-37-26)20-7-8-21(31-17-20)18-35-13-11-33(2)12-14-35/h7-10,16-17,19H,4-6,11-15,18H2,1-3H3. The second kappa shape index (κ2) is 12.2. The summed E-state index contributed by atoms with van der Waals surface area (Å²) >= 11 is 1.38. The first kappa shape index (κ1) is 27.3. The predicted octanol–water partition coefficient (Wildman–Crippen LogP) is 6.31. The Morgan fingerprint density at radius 3 is 2.54 bits per heavy atom. The number of pyridine rings is 1.